The van der Waals surface area contributed by atoms with Crippen molar-refractivity contribution in [2.45, 2.75) is 13.3 Å². The summed E-state index contributed by atoms with van der Waals surface area (Å²) in [7, 11) is 3.78. The number of benzene rings is 1. The van der Waals surface area contributed by atoms with Crippen molar-refractivity contribution < 1.29 is 24.2 Å². The highest BCUT2D eigenvalue weighted by Gasteiger charge is 2.30. The van der Waals surface area contributed by atoms with Crippen LogP contribution in [0.3, 0.4) is 0 Å². The SMILES string of the molecule is CCOc1ccc2c(c1)CC(C(=O)N(CCN(C)C)CC(=O)O)CO2. The number of fused-ring (bicyclic) bond motifs is 1. The van der Waals surface area contributed by atoms with E-state index in [0.29, 0.717) is 26.1 Å². The van der Waals surface area contributed by atoms with Gasteiger partial charge in [-0.1, -0.05) is 0 Å². The van der Waals surface area contributed by atoms with E-state index >= 15 is 0 Å². The molecule has 2 rings (SSSR count). The van der Waals surface area contributed by atoms with Crippen molar-refractivity contribution in [2.24, 2.45) is 5.92 Å². The van der Waals surface area contributed by atoms with Crippen LogP contribution in [0.2, 0.25) is 0 Å². The van der Waals surface area contributed by atoms with Crippen LogP contribution in [0.4, 0.5) is 0 Å². The Labute approximate surface area is 148 Å². The number of hydrogen-bond acceptors (Lipinski definition) is 5. The van der Waals surface area contributed by atoms with E-state index in [-0.39, 0.29) is 25.0 Å². The van der Waals surface area contributed by atoms with Gasteiger partial charge in [-0.15, -0.1) is 0 Å². The van der Waals surface area contributed by atoms with E-state index in [4.69, 9.17) is 14.6 Å². The van der Waals surface area contributed by atoms with Crippen molar-refractivity contribution in [2.75, 3.05) is 46.9 Å². The third-order valence-electron chi connectivity index (χ3n) is 4.05. The number of amides is 1. The van der Waals surface area contributed by atoms with Gasteiger partial charge in [0.15, 0.2) is 0 Å². The average molecular weight is 350 g/mol. The van der Waals surface area contributed by atoms with E-state index in [9.17, 15) is 9.59 Å². The van der Waals surface area contributed by atoms with Crippen LogP contribution in [-0.4, -0.2) is 73.7 Å². The van der Waals surface area contributed by atoms with Gasteiger partial charge in [0.05, 0.1) is 12.5 Å². The molecule has 1 heterocycles. The Bertz CT molecular complexity index is 617. The molecular formula is C18H26N2O5. The van der Waals surface area contributed by atoms with Gasteiger partial charge in [0, 0.05) is 13.1 Å². The van der Waals surface area contributed by atoms with Crippen molar-refractivity contribution in [1.29, 1.82) is 0 Å². The minimum Gasteiger partial charge on any atom is -0.494 e. The Hall–Kier alpha value is -2.28. The van der Waals surface area contributed by atoms with Crippen LogP contribution in [0.5, 0.6) is 11.5 Å². The Kier molecular flexibility index (Phi) is 6.64. The molecule has 1 aliphatic heterocycles. The summed E-state index contributed by atoms with van der Waals surface area (Å²) in [4.78, 5) is 27.2. The van der Waals surface area contributed by atoms with Crippen LogP contribution in [0.25, 0.3) is 0 Å². The number of ether oxygens (including phenoxy) is 2. The molecule has 0 spiro atoms. The molecule has 0 bridgehead atoms. The zero-order chi connectivity index (χ0) is 18.4. The number of carboxylic acid groups (broad SMARTS) is 1. The maximum Gasteiger partial charge on any atom is 0.323 e. The average Bonchev–Trinajstić information content (AvgIpc) is 2.57. The van der Waals surface area contributed by atoms with Crippen LogP contribution in [-0.2, 0) is 16.0 Å². The highest BCUT2D eigenvalue weighted by molar-refractivity contribution is 5.83. The molecule has 0 aliphatic carbocycles. The summed E-state index contributed by atoms with van der Waals surface area (Å²) in [5.41, 5.74) is 0.915. The van der Waals surface area contributed by atoms with E-state index in [1.54, 1.807) is 0 Å². The summed E-state index contributed by atoms with van der Waals surface area (Å²) in [5.74, 6) is -0.0796. The molecule has 1 aliphatic rings. The Morgan fingerprint density at radius 3 is 2.72 bits per heavy atom. The molecule has 0 aromatic heterocycles. The van der Waals surface area contributed by atoms with Gasteiger partial charge in [0.1, 0.15) is 24.7 Å². The number of carbonyl (C=O) groups excluding carboxylic acids is 1. The van der Waals surface area contributed by atoms with Crippen LogP contribution >= 0.6 is 0 Å². The van der Waals surface area contributed by atoms with Crippen molar-refractivity contribution in [3.63, 3.8) is 0 Å². The molecule has 1 atom stereocenters. The molecule has 1 amide bonds. The Morgan fingerprint density at radius 2 is 2.08 bits per heavy atom. The van der Waals surface area contributed by atoms with Crippen molar-refractivity contribution >= 4 is 11.9 Å². The lowest BCUT2D eigenvalue weighted by molar-refractivity contribution is -0.147. The molecule has 25 heavy (non-hydrogen) atoms. The Balaban J connectivity index is 2.09. The van der Waals surface area contributed by atoms with E-state index in [1.807, 2.05) is 44.1 Å². The first-order valence-corrected chi connectivity index (χ1v) is 8.44. The lowest BCUT2D eigenvalue weighted by atomic mass is 9.95. The Morgan fingerprint density at radius 1 is 1.32 bits per heavy atom. The molecule has 7 heteroatoms. The molecule has 0 radical (unpaired) electrons. The summed E-state index contributed by atoms with van der Waals surface area (Å²) in [6.45, 7) is 3.43. The molecular weight excluding hydrogens is 324 g/mol. The molecule has 1 unspecified atom stereocenters. The minimum atomic E-state index is -1.01. The molecule has 0 saturated heterocycles. The quantitative estimate of drug-likeness (QED) is 0.757. The number of nitrogens with zero attached hydrogens (tertiary/aromatic N) is 2. The maximum atomic E-state index is 12.8. The number of carbonyl (C=O) groups is 2. The standard InChI is InChI=1S/C18H26N2O5/c1-4-24-15-5-6-16-13(10-15)9-14(12-25-16)18(23)20(11-17(21)22)8-7-19(2)3/h5-6,10,14H,4,7-9,11-12H2,1-3H3,(H,21,22). The topological polar surface area (TPSA) is 79.3 Å². The minimum absolute atomic E-state index is 0.184. The third kappa shape index (κ3) is 5.35. The summed E-state index contributed by atoms with van der Waals surface area (Å²) in [6, 6.07) is 5.58. The first kappa shape index (κ1) is 19.1. The second-order valence-electron chi connectivity index (χ2n) is 6.37. The van der Waals surface area contributed by atoms with Gasteiger partial charge < -0.3 is 24.4 Å². The zero-order valence-corrected chi connectivity index (χ0v) is 15.0. The fourth-order valence-corrected chi connectivity index (χ4v) is 2.80. The van der Waals surface area contributed by atoms with E-state index < -0.39 is 5.97 Å². The molecule has 138 valence electrons. The molecule has 0 fully saturated rings. The summed E-state index contributed by atoms with van der Waals surface area (Å²) >= 11 is 0. The predicted octanol–water partition coefficient (Wildman–Crippen LogP) is 1.11. The molecule has 1 aromatic carbocycles. The monoisotopic (exact) mass is 350 g/mol. The van der Waals surface area contributed by atoms with Crippen LogP contribution in [0.15, 0.2) is 18.2 Å². The van der Waals surface area contributed by atoms with Gasteiger partial charge in [0.25, 0.3) is 0 Å². The van der Waals surface area contributed by atoms with Gasteiger partial charge in [-0.3, -0.25) is 9.59 Å². The third-order valence-corrected chi connectivity index (χ3v) is 4.05. The van der Waals surface area contributed by atoms with Crippen LogP contribution in [0, 0.1) is 5.92 Å². The van der Waals surface area contributed by atoms with Crippen LogP contribution < -0.4 is 9.47 Å². The summed E-state index contributed by atoms with van der Waals surface area (Å²) in [5, 5.41) is 9.09. The van der Waals surface area contributed by atoms with Crippen molar-refractivity contribution in [3.8, 4) is 11.5 Å². The van der Waals surface area contributed by atoms with Crippen molar-refractivity contribution in [3.05, 3.63) is 23.8 Å². The first-order valence-electron chi connectivity index (χ1n) is 8.44. The van der Waals surface area contributed by atoms with Gasteiger partial charge >= 0.3 is 5.97 Å². The lowest BCUT2D eigenvalue weighted by Crippen LogP contribution is -2.45. The largest absolute Gasteiger partial charge is 0.494 e. The molecule has 1 aromatic rings. The second kappa shape index (κ2) is 8.71. The summed E-state index contributed by atoms with van der Waals surface area (Å²) < 4.78 is 11.2. The highest BCUT2D eigenvalue weighted by atomic mass is 16.5. The number of carboxylic acids is 1. The number of likely N-dealkylation sites (N-methyl/N-ethyl adjacent to an activating group) is 1. The fraction of sp³-hybridized carbons (Fsp3) is 0.556. The lowest BCUT2D eigenvalue weighted by Gasteiger charge is -2.30. The molecule has 7 nitrogen and oxygen atoms in total. The predicted molar refractivity (Wildman–Crippen MR) is 93.1 cm³/mol. The zero-order valence-electron chi connectivity index (χ0n) is 15.0. The van der Waals surface area contributed by atoms with E-state index in [1.165, 1.54) is 4.90 Å². The van der Waals surface area contributed by atoms with Gasteiger partial charge in [-0.25, -0.2) is 0 Å². The number of hydrogen-bond donors (Lipinski definition) is 1. The van der Waals surface area contributed by atoms with E-state index in [0.717, 1.165) is 17.1 Å². The molecule has 0 saturated carbocycles. The highest BCUT2D eigenvalue weighted by Crippen LogP contribution is 2.31. The second-order valence-corrected chi connectivity index (χ2v) is 6.37. The van der Waals surface area contributed by atoms with Crippen molar-refractivity contribution in [1.82, 2.24) is 9.80 Å². The van der Waals surface area contributed by atoms with Crippen LogP contribution in [0.1, 0.15) is 12.5 Å². The number of aliphatic carboxylic acids is 1. The van der Waals surface area contributed by atoms with Gasteiger partial charge in [-0.05, 0) is 51.2 Å². The molecule has 1 N–H and O–H groups in total. The number of rotatable bonds is 8. The maximum absolute atomic E-state index is 12.8. The smallest absolute Gasteiger partial charge is 0.323 e. The van der Waals surface area contributed by atoms with E-state index in [2.05, 4.69) is 0 Å². The summed E-state index contributed by atoms with van der Waals surface area (Å²) in [6.07, 6.45) is 0.521. The fourth-order valence-electron chi connectivity index (χ4n) is 2.80. The normalized spacial score (nSPS) is 16.1. The van der Waals surface area contributed by atoms with Gasteiger partial charge in [-0.2, -0.15) is 0 Å². The first-order chi connectivity index (χ1) is 11.9. The van der Waals surface area contributed by atoms with Gasteiger partial charge in [0.2, 0.25) is 5.91 Å².